The Labute approximate surface area is 113 Å². The van der Waals surface area contributed by atoms with Gasteiger partial charge in [0.05, 0.1) is 24.5 Å². The van der Waals surface area contributed by atoms with Crippen LogP contribution in [-0.2, 0) is 14.3 Å². The highest BCUT2D eigenvalue weighted by Crippen LogP contribution is 2.38. The molecule has 2 unspecified atom stereocenters. The minimum atomic E-state index is -0.866. The zero-order valence-electron chi connectivity index (χ0n) is 11.3. The van der Waals surface area contributed by atoms with Crippen molar-refractivity contribution in [2.45, 2.75) is 51.0 Å². The van der Waals surface area contributed by atoms with Crippen LogP contribution in [0.1, 0.15) is 44.9 Å². The molecule has 0 aliphatic heterocycles. The highest BCUT2D eigenvalue weighted by Gasteiger charge is 2.48. The van der Waals surface area contributed by atoms with E-state index in [-0.39, 0.29) is 11.8 Å². The quantitative estimate of drug-likeness (QED) is 0.567. The van der Waals surface area contributed by atoms with E-state index in [1.807, 2.05) is 0 Å². The number of carboxylic acid groups (broad SMARTS) is 1. The van der Waals surface area contributed by atoms with Gasteiger partial charge in [0, 0.05) is 6.54 Å². The summed E-state index contributed by atoms with van der Waals surface area (Å²) >= 11 is 0. The van der Waals surface area contributed by atoms with Crippen molar-refractivity contribution < 1.29 is 19.4 Å². The Morgan fingerprint density at radius 2 is 1.79 bits per heavy atom. The smallest absolute Gasteiger partial charge is 0.307 e. The van der Waals surface area contributed by atoms with Crippen molar-refractivity contribution in [1.82, 2.24) is 5.32 Å². The van der Waals surface area contributed by atoms with E-state index in [0.29, 0.717) is 25.7 Å². The van der Waals surface area contributed by atoms with Crippen molar-refractivity contribution in [3.63, 3.8) is 0 Å². The topological polar surface area (TPSA) is 75.6 Å². The van der Waals surface area contributed by atoms with Gasteiger partial charge in [-0.1, -0.05) is 25.7 Å². The summed E-state index contributed by atoms with van der Waals surface area (Å²) in [6.07, 6.45) is 8.13. The first-order valence-corrected chi connectivity index (χ1v) is 7.30. The second kappa shape index (κ2) is 6.89. The summed E-state index contributed by atoms with van der Waals surface area (Å²) in [5.74, 6) is -1.80. The highest BCUT2D eigenvalue weighted by atomic mass is 16.5. The van der Waals surface area contributed by atoms with Crippen LogP contribution in [0.3, 0.4) is 0 Å². The maximum atomic E-state index is 11.6. The summed E-state index contributed by atoms with van der Waals surface area (Å²) in [6, 6.07) is 0. The molecule has 108 valence electrons. The number of hydrogen-bond acceptors (Lipinski definition) is 3. The van der Waals surface area contributed by atoms with E-state index < -0.39 is 11.9 Å². The molecule has 2 fully saturated rings. The lowest BCUT2D eigenvalue weighted by atomic mass is 10.1. The van der Waals surface area contributed by atoms with E-state index in [1.165, 1.54) is 25.7 Å². The van der Waals surface area contributed by atoms with E-state index in [4.69, 9.17) is 9.84 Å². The molecular formula is C14H23NO4. The predicted molar refractivity (Wildman–Crippen MR) is 69.7 cm³/mol. The number of nitrogens with one attached hydrogen (secondary N) is 1. The molecule has 2 atom stereocenters. The number of carboxylic acids is 1. The minimum absolute atomic E-state index is 0.142. The summed E-state index contributed by atoms with van der Waals surface area (Å²) in [5.41, 5.74) is 0. The molecule has 2 saturated carbocycles. The predicted octanol–water partition coefficient (Wildman–Crippen LogP) is 1.56. The number of aliphatic carboxylic acids is 1. The molecule has 0 aromatic rings. The minimum Gasteiger partial charge on any atom is -0.481 e. The molecule has 2 N–H and O–H groups in total. The molecule has 0 bridgehead atoms. The Bertz CT molecular complexity index is 323. The normalized spacial score (nSPS) is 27.6. The van der Waals surface area contributed by atoms with Crippen LogP contribution in [0.25, 0.3) is 0 Å². The van der Waals surface area contributed by atoms with E-state index >= 15 is 0 Å². The molecule has 0 spiro atoms. The lowest BCUT2D eigenvalue weighted by Crippen LogP contribution is -2.30. The Kier molecular flexibility index (Phi) is 5.19. The number of ether oxygens (including phenoxy) is 1. The Morgan fingerprint density at radius 3 is 2.37 bits per heavy atom. The average molecular weight is 269 g/mol. The maximum absolute atomic E-state index is 11.6. The van der Waals surface area contributed by atoms with Gasteiger partial charge in [0.1, 0.15) is 0 Å². The largest absolute Gasteiger partial charge is 0.481 e. The summed E-state index contributed by atoms with van der Waals surface area (Å²) < 4.78 is 5.76. The molecule has 5 heteroatoms. The molecule has 0 radical (unpaired) electrons. The molecule has 1 amide bonds. The molecule has 19 heavy (non-hydrogen) atoms. The molecule has 2 aliphatic rings. The van der Waals surface area contributed by atoms with Crippen molar-refractivity contribution in [2.24, 2.45) is 11.8 Å². The van der Waals surface area contributed by atoms with E-state index in [1.54, 1.807) is 0 Å². The Morgan fingerprint density at radius 1 is 1.11 bits per heavy atom. The number of rotatable bonds is 6. The fourth-order valence-electron chi connectivity index (χ4n) is 2.70. The molecule has 0 aromatic carbocycles. The van der Waals surface area contributed by atoms with Gasteiger partial charge in [-0.2, -0.15) is 0 Å². The summed E-state index contributed by atoms with van der Waals surface area (Å²) in [5, 5.41) is 11.5. The van der Waals surface area contributed by atoms with Crippen molar-refractivity contribution >= 4 is 11.9 Å². The number of carbonyl (C=O) groups is 2. The lowest BCUT2D eigenvalue weighted by molar-refractivity contribution is -0.140. The maximum Gasteiger partial charge on any atom is 0.307 e. The van der Waals surface area contributed by atoms with E-state index in [9.17, 15) is 9.59 Å². The second-order valence-electron chi connectivity index (χ2n) is 5.56. The van der Waals surface area contributed by atoms with Crippen LogP contribution in [0, 0.1) is 11.8 Å². The van der Waals surface area contributed by atoms with Gasteiger partial charge in [-0.3, -0.25) is 9.59 Å². The first kappa shape index (κ1) is 14.3. The number of amides is 1. The molecule has 0 heterocycles. The van der Waals surface area contributed by atoms with E-state index in [2.05, 4.69) is 5.32 Å². The third-order valence-electron chi connectivity index (χ3n) is 4.00. The number of carbonyl (C=O) groups excluding carboxylic acids is 1. The average Bonchev–Trinajstić information content (AvgIpc) is 3.18. The third kappa shape index (κ3) is 4.49. The molecular weight excluding hydrogens is 246 g/mol. The van der Waals surface area contributed by atoms with Crippen LogP contribution in [0.4, 0.5) is 0 Å². The van der Waals surface area contributed by atoms with Crippen LogP contribution >= 0.6 is 0 Å². The Balaban J connectivity index is 1.54. The zero-order valence-corrected chi connectivity index (χ0v) is 11.3. The van der Waals surface area contributed by atoms with Gasteiger partial charge in [-0.15, -0.1) is 0 Å². The molecule has 2 rings (SSSR count). The first-order valence-electron chi connectivity index (χ1n) is 7.30. The van der Waals surface area contributed by atoms with Crippen molar-refractivity contribution in [3.05, 3.63) is 0 Å². The van der Waals surface area contributed by atoms with Crippen molar-refractivity contribution in [1.29, 1.82) is 0 Å². The molecule has 2 aliphatic carbocycles. The van der Waals surface area contributed by atoms with Crippen LogP contribution in [0.15, 0.2) is 0 Å². The summed E-state index contributed by atoms with van der Waals surface area (Å²) in [6.45, 7) is 1.01. The Hall–Kier alpha value is -1.10. The monoisotopic (exact) mass is 269 g/mol. The van der Waals surface area contributed by atoms with Crippen LogP contribution < -0.4 is 5.32 Å². The fourth-order valence-corrected chi connectivity index (χ4v) is 2.70. The van der Waals surface area contributed by atoms with Gasteiger partial charge in [0.15, 0.2) is 0 Å². The number of hydrogen-bond donors (Lipinski definition) is 2. The molecule has 5 nitrogen and oxygen atoms in total. The van der Waals surface area contributed by atoms with Crippen LogP contribution in [0.2, 0.25) is 0 Å². The SMILES string of the molecule is O=C(O)C1CC1C(=O)NCCOC1CCCCCC1. The third-order valence-corrected chi connectivity index (χ3v) is 4.00. The van der Waals surface area contributed by atoms with Gasteiger partial charge in [0.25, 0.3) is 0 Å². The lowest BCUT2D eigenvalue weighted by Gasteiger charge is -2.15. The van der Waals surface area contributed by atoms with Gasteiger partial charge in [-0.05, 0) is 19.3 Å². The fraction of sp³-hybridized carbons (Fsp3) is 0.857. The second-order valence-corrected chi connectivity index (χ2v) is 5.56. The van der Waals surface area contributed by atoms with Gasteiger partial charge < -0.3 is 15.2 Å². The summed E-state index contributed by atoms with van der Waals surface area (Å²) in [7, 11) is 0. The standard InChI is InChI=1S/C14H23NO4/c16-13(11-9-12(11)14(17)18)15-7-8-19-10-5-3-1-2-4-6-10/h10-12H,1-9H2,(H,15,16)(H,17,18). The molecule has 0 aromatic heterocycles. The molecule has 0 saturated heterocycles. The van der Waals surface area contributed by atoms with Crippen molar-refractivity contribution in [3.8, 4) is 0 Å². The van der Waals surface area contributed by atoms with Gasteiger partial charge in [-0.25, -0.2) is 0 Å². The van der Waals surface area contributed by atoms with Gasteiger partial charge in [0.2, 0.25) is 5.91 Å². The first-order chi connectivity index (χ1) is 9.18. The van der Waals surface area contributed by atoms with Crippen molar-refractivity contribution in [2.75, 3.05) is 13.2 Å². The highest BCUT2D eigenvalue weighted by molar-refractivity contribution is 5.89. The van der Waals surface area contributed by atoms with E-state index in [0.717, 1.165) is 12.8 Å². The zero-order chi connectivity index (χ0) is 13.7. The van der Waals surface area contributed by atoms with Gasteiger partial charge >= 0.3 is 5.97 Å². The van der Waals surface area contributed by atoms with Crippen LogP contribution in [0.5, 0.6) is 0 Å². The van der Waals surface area contributed by atoms with Crippen LogP contribution in [-0.4, -0.2) is 36.2 Å². The summed E-state index contributed by atoms with van der Waals surface area (Å²) in [4.78, 5) is 22.2.